The molecule has 0 N–H and O–H groups in total. The minimum atomic E-state index is -3.92. The number of unbranched alkanes of at least 4 members (excludes halogenated alkanes) is 1. The lowest BCUT2D eigenvalue weighted by atomic mass is 10.3. The first-order valence-electron chi connectivity index (χ1n) is 5.88. The summed E-state index contributed by atoms with van der Waals surface area (Å²) < 4.78 is 28.4. The molecule has 6 heteroatoms. The van der Waals surface area contributed by atoms with Crippen LogP contribution in [-0.2, 0) is 10.1 Å². The van der Waals surface area contributed by atoms with Crippen LogP contribution < -0.4 is 0 Å². The minimum absolute atomic E-state index is 0.604. The average Bonchev–Trinajstić information content (AvgIpc) is 2.56. The van der Waals surface area contributed by atoms with Crippen molar-refractivity contribution in [3.8, 4) is 0 Å². The molecule has 0 fully saturated rings. The van der Waals surface area contributed by atoms with Gasteiger partial charge in [0.05, 0.1) is 29.4 Å². The highest BCUT2D eigenvalue weighted by Crippen LogP contribution is 2.17. The summed E-state index contributed by atoms with van der Waals surface area (Å²) in [5, 5.41) is 0. The highest BCUT2D eigenvalue weighted by atomic mass is 32.2. The van der Waals surface area contributed by atoms with Crippen LogP contribution in [0.25, 0.3) is 0 Å². The highest BCUT2D eigenvalue weighted by molar-refractivity contribution is 7.84. The van der Waals surface area contributed by atoms with Crippen molar-refractivity contribution < 1.29 is 17.5 Å². The van der Waals surface area contributed by atoms with E-state index in [1.54, 1.807) is 0 Å². The Morgan fingerprint density at radius 3 is 2.24 bits per heavy atom. The van der Waals surface area contributed by atoms with Gasteiger partial charge in [0.15, 0.2) is 6.67 Å². The van der Waals surface area contributed by atoms with Crippen LogP contribution in [0, 0.1) is 0 Å². The van der Waals surface area contributed by atoms with Crippen molar-refractivity contribution in [3.63, 3.8) is 0 Å². The average molecular weight is 264 g/mol. The number of nitrogens with zero attached hydrogens (tertiary/aromatic N) is 2. The molecule has 0 saturated carbocycles. The molecule has 1 aliphatic heterocycles. The second kappa shape index (κ2) is 6.98. The zero-order valence-electron chi connectivity index (χ0n) is 11.2. The fourth-order valence-electron chi connectivity index (χ4n) is 1.78. The van der Waals surface area contributed by atoms with E-state index in [-0.39, 0.29) is 0 Å². The summed E-state index contributed by atoms with van der Waals surface area (Å²) in [4.78, 5) is 2.28. The van der Waals surface area contributed by atoms with Gasteiger partial charge in [-0.1, -0.05) is 13.3 Å². The van der Waals surface area contributed by atoms with E-state index in [2.05, 4.69) is 38.2 Å². The first kappa shape index (κ1) is 16.4. The summed E-state index contributed by atoms with van der Waals surface area (Å²) >= 11 is 0. The molecule has 0 spiro atoms. The van der Waals surface area contributed by atoms with E-state index in [0.29, 0.717) is 6.26 Å². The molecule has 0 aromatic heterocycles. The molecule has 0 aromatic carbocycles. The zero-order chi connectivity index (χ0) is 13.5. The monoisotopic (exact) mass is 264 g/mol. The highest BCUT2D eigenvalue weighted by Gasteiger charge is 2.27. The Morgan fingerprint density at radius 1 is 1.41 bits per heavy atom. The summed E-state index contributed by atoms with van der Waals surface area (Å²) in [7, 11) is -1.77. The minimum Gasteiger partial charge on any atom is -0.748 e. The van der Waals surface area contributed by atoms with E-state index >= 15 is 0 Å². The summed E-state index contributed by atoms with van der Waals surface area (Å²) in [5.41, 5.74) is 0. The van der Waals surface area contributed by atoms with Gasteiger partial charge in [0.1, 0.15) is 6.20 Å². The van der Waals surface area contributed by atoms with Gasteiger partial charge < -0.3 is 9.45 Å². The van der Waals surface area contributed by atoms with Gasteiger partial charge in [-0.15, -0.1) is 0 Å². The van der Waals surface area contributed by atoms with Crippen molar-refractivity contribution >= 4 is 10.1 Å². The van der Waals surface area contributed by atoms with Gasteiger partial charge in [-0.05, 0) is 13.3 Å². The topological polar surface area (TPSA) is 60.4 Å². The van der Waals surface area contributed by atoms with Crippen LogP contribution in [0.5, 0.6) is 0 Å². The second-order valence-electron chi connectivity index (χ2n) is 4.51. The Labute approximate surface area is 105 Å². The summed E-state index contributed by atoms with van der Waals surface area (Å²) in [5.74, 6) is 0. The number of hydrogen-bond donors (Lipinski definition) is 0. The molecule has 17 heavy (non-hydrogen) atoms. The molecular weight excluding hydrogens is 240 g/mol. The van der Waals surface area contributed by atoms with E-state index in [0.717, 1.165) is 11.2 Å². The van der Waals surface area contributed by atoms with Crippen LogP contribution in [0.15, 0.2) is 12.4 Å². The molecule has 1 aliphatic rings. The third-order valence-corrected chi connectivity index (χ3v) is 2.73. The van der Waals surface area contributed by atoms with Crippen molar-refractivity contribution in [2.75, 3.05) is 33.1 Å². The molecule has 1 unspecified atom stereocenters. The molecule has 0 bridgehead atoms. The molecule has 0 amide bonds. The molecule has 0 saturated heterocycles. The SMILES string of the molecule is CCCC[N+]1(CC)C=CN(C)C1.CS(=O)(=O)[O-]. The molecule has 1 heterocycles. The largest absolute Gasteiger partial charge is 0.748 e. The van der Waals surface area contributed by atoms with Crippen molar-refractivity contribution in [2.45, 2.75) is 26.7 Å². The van der Waals surface area contributed by atoms with Crippen LogP contribution in [0.4, 0.5) is 0 Å². The lowest BCUT2D eigenvalue weighted by Crippen LogP contribution is -2.44. The maximum absolute atomic E-state index is 9.08. The van der Waals surface area contributed by atoms with Gasteiger partial charge >= 0.3 is 0 Å². The smallest absolute Gasteiger partial charge is 0.158 e. The molecule has 0 aliphatic carbocycles. The van der Waals surface area contributed by atoms with Crippen LogP contribution in [0.1, 0.15) is 26.7 Å². The second-order valence-corrected chi connectivity index (χ2v) is 5.92. The van der Waals surface area contributed by atoms with Gasteiger partial charge in [0.2, 0.25) is 0 Å². The molecule has 1 rings (SSSR count). The van der Waals surface area contributed by atoms with Gasteiger partial charge in [-0.2, -0.15) is 0 Å². The molecule has 102 valence electrons. The van der Waals surface area contributed by atoms with Crippen molar-refractivity contribution in [1.82, 2.24) is 4.90 Å². The molecule has 0 aromatic rings. The Morgan fingerprint density at radius 2 is 1.94 bits per heavy atom. The molecule has 0 radical (unpaired) electrons. The van der Waals surface area contributed by atoms with Crippen LogP contribution in [0.2, 0.25) is 0 Å². The first-order valence-corrected chi connectivity index (χ1v) is 7.70. The molecular formula is C11H24N2O3S. The predicted molar refractivity (Wildman–Crippen MR) is 68.0 cm³/mol. The fourth-order valence-corrected chi connectivity index (χ4v) is 1.78. The van der Waals surface area contributed by atoms with E-state index in [9.17, 15) is 0 Å². The summed E-state index contributed by atoms with van der Waals surface area (Å²) in [6.07, 6.45) is 7.80. The maximum atomic E-state index is 9.08. The first-order chi connectivity index (χ1) is 7.72. The third kappa shape index (κ3) is 8.18. The fraction of sp³-hybridized carbons (Fsp3) is 0.818. The standard InChI is InChI=1S/C10H21N2.CH4O3S/c1-4-6-8-12(5-2)9-7-11(3)10-12;1-5(2,3)4/h7,9H,4-6,8,10H2,1-3H3;1H3,(H,2,3,4)/q+1;/p-1. The summed E-state index contributed by atoms with van der Waals surface area (Å²) in [6.45, 7) is 8.22. The van der Waals surface area contributed by atoms with Crippen molar-refractivity contribution in [3.05, 3.63) is 12.4 Å². The van der Waals surface area contributed by atoms with E-state index < -0.39 is 10.1 Å². The lowest BCUT2D eigenvalue weighted by Gasteiger charge is -2.31. The predicted octanol–water partition coefficient (Wildman–Crippen LogP) is 1.16. The van der Waals surface area contributed by atoms with Crippen LogP contribution in [-0.4, -0.2) is 55.4 Å². The number of rotatable bonds is 4. The van der Waals surface area contributed by atoms with E-state index in [4.69, 9.17) is 13.0 Å². The van der Waals surface area contributed by atoms with E-state index in [1.807, 2.05) is 0 Å². The van der Waals surface area contributed by atoms with Gasteiger partial charge in [0.25, 0.3) is 0 Å². The van der Waals surface area contributed by atoms with Crippen molar-refractivity contribution in [1.29, 1.82) is 0 Å². The quantitative estimate of drug-likeness (QED) is 0.565. The maximum Gasteiger partial charge on any atom is 0.158 e. The Bertz CT molecular complexity index is 333. The van der Waals surface area contributed by atoms with Crippen LogP contribution >= 0.6 is 0 Å². The Balaban J connectivity index is 0.000000437. The van der Waals surface area contributed by atoms with Crippen molar-refractivity contribution in [2.24, 2.45) is 0 Å². The molecule has 5 nitrogen and oxygen atoms in total. The zero-order valence-corrected chi connectivity index (χ0v) is 12.0. The van der Waals surface area contributed by atoms with Gasteiger partial charge in [-0.25, -0.2) is 8.42 Å². The number of quaternary nitrogens is 1. The summed E-state index contributed by atoms with van der Waals surface area (Å²) in [6, 6.07) is 0. The third-order valence-electron chi connectivity index (χ3n) is 2.73. The lowest BCUT2D eigenvalue weighted by molar-refractivity contribution is -0.879. The molecule has 1 atom stereocenters. The normalized spacial score (nSPS) is 23.5. The van der Waals surface area contributed by atoms with Gasteiger partial charge in [-0.3, -0.25) is 4.48 Å². The van der Waals surface area contributed by atoms with Crippen LogP contribution in [0.3, 0.4) is 0 Å². The van der Waals surface area contributed by atoms with E-state index in [1.165, 1.54) is 25.9 Å². The Hall–Kier alpha value is -0.590. The number of hydrogen-bond acceptors (Lipinski definition) is 4. The van der Waals surface area contributed by atoms with Gasteiger partial charge in [0, 0.05) is 13.3 Å². The Kier molecular flexibility index (Phi) is 6.74.